The number of Topliss-reactive ketones (excluding diaryl/α,β-unsaturated/α-hetero) is 1. The minimum atomic E-state index is -1.24. The van der Waals surface area contributed by atoms with Crippen LogP contribution in [-0.4, -0.2) is 21.8 Å². The molecule has 1 aliphatic heterocycles. The van der Waals surface area contributed by atoms with Gasteiger partial charge in [-0.3, -0.25) is 14.5 Å². The van der Waals surface area contributed by atoms with Crippen LogP contribution in [0.2, 0.25) is 0 Å². The predicted molar refractivity (Wildman–Crippen MR) is 122 cm³/mol. The van der Waals surface area contributed by atoms with Gasteiger partial charge in [-0.05, 0) is 55.0 Å². The summed E-state index contributed by atoms with van der Waals surface area (Å²) in [6.45, 7) is 1.92. The Kier molecular flexibility index (Phi) is 5.02. The number of carbonyl (C=O) groups excluding carboxylic acids is 2. The van der Waals surface area contributed by atoms with E-state index in [1.54, 1.807) is 12.1 Å². The molecule has 5 nitrogen and oxygen atoms in total. The fraction of sp³-hybridized carbons (Fsp3) is 0.0800. The van der Waals surface area contributed by atoms with E-state index in [-0.39, 0.29) is 21.8 Å². The molecule has 0 spiro atoms. The van der Waals surface area contributed by atoms with E-state index in [4.69, 9.17) is 0 Å². The average Bonchev–Trinajstić information content (AvgIpc) is 3.32. The number of halogens is 2. The van der Waals surface area contributed by atoms with Crippen LogP contribution in [0.25, 0.3) is 16.0 Å². The predicted octanol–water partition coefficient (Wildman–Crippen LogP) is 5.51. The third-order valence-corrected chi connectivity index (χ3v) is 6.52. The highest BCUT2D eigenvalue weighted by Gasteiger charge is 2.49. The summed E-state index contributed by atoms with van der Waals surface area (Å²) >= 11 is 1.20. The zero-order valence-electron chi connectivity index (χ0n) is 17.3. The lowest BCUT2D eigenvalue weighted by Gasteiger charge is -2.23. The van der Waals surface area contributed by atoms with Crippen LogP contribution >= 0.6 is 11.3 Å². The molecule has 0 bridgehead atoms. The molecule has 1 fully saturated rings. The first kappa shape index (κ1) is 21.0. The number of anilines is 1. The minimum absolute atomic E-state index is 0.0378. The van der Waals surface area contributed by atoms with E-state index in [9.17, 15) is 23.5 Å². The average molecular weight is 462 g/mol. The van der Waals surface area contributed by atoms with E-state index in [0.29, 0.717) is 5.52 Å². The molecule has 1 N–H and O–H groups in total. The van der Waals surface area contributed by atoms with E-state index < -0.39 is 35.1 Å². The van der Waals surface area contributed by atoms with E-state index in [2.05, 4.69) is 4.98 Å². The second-order valence-electron chi connectivity index (χ2n) is 7.67. The van der Waals surface area contributed by atoms with Crippen molar-refractivity contribution in [1.29, 1.82) is 0 Å². The van der Waals surface area contributed by atoms with Gasteiger partial charge in [0.05, 0.1) is 15.8 Å². The summed E-state index contributed by atoms with van der Waals surface area (Å²) in [7, 11) is 0. The van der Waals surface area contributed by atoms with Gasteiger partial charge in [0.2, 0.25) is 0 Å². The fourth-order valence-corrected chi connectivity index (χ4v) is 5.00. The number of aliphatic hydroxyl groups is 1. The molecule has 4 aromatic rings. The van der Waals surface area contributed by atoms with Crippen LogP contribution in [0, 0.1) is 18.6 Å². The monoisotopic (exact) mass is 462 g/mol. The molecule has 33 heavy (non-hydrogen) atoms. The molecule has 8 heteroatoms. The first-order valence-corrected chi connectivity index (χ1v) is 10.9. The SMILES string of the molecule is Cc1ccc2nc(N3C(=O)C(=O)C(=C(O)c4ccc(F)cc4)C3c3ccccc3F)sc2c1. The third-order valence-electron chi connectivity index (χ3n) is 5.50. The molecule has 1 aromatic heterocycles. The number of nitrogens with zero attached hydrogens (tertiary/aromatic N) is 2. The molecule has 0 radical (unpaired) electrons. The summed E-state index contributed by atoms with van der Waals surface area (Å²) < 4.78 is 29.1. The zero-order valence-corrected chi connectivity index (χ0v) is 18.1. The Bertz CT molecular complexity index is 1460. The molecule has 1 saturated heterocycles. The number of rotatable bonds is 3. The smallest absolute Gasteiger partial charge is 0.301 e. The summed E-state index contributed by atoms with van der Waals surface area (Å²) in [6, 6.07) is 14.9. The van der Waals surface area contributed by atoms with Crippen LogP contribution in [0.5, 0.6) is 0 Å². The number of aromatic nitrogens is 1. The van der Waals surface area contributed by atoms with Gasteiger partial charge in [-0.2, -0.15) is 0 Å². The Morgan fingerprint density at radius 1 is 1.03 bits per heavy atom. The first-order chi connectivity index (χ1) is 15.8. The Labute approximate surface area is 191 Å². The van der Waals surface area contributed by atoms with Gasteiger partial charge in [-0.1, -0.05) is 35.6 Å². The standard InChI is InChI=1S/C25H16F2N2O3S/c1-13-6-11-18-19(12-13)33-25(28-18)29-21(16-4-2-3-5-17(16)27)20(23(31)24(29)32)22(30)14-7-9-15(26)10-8-14/h2-12,21,30H,1H3. The molecular weight excluding hydrogens is 446 g/mol. The van der Waals surface area contributed by atoms with Crippen LogP contribution in [0.1, 0.15) is 22.7 Å². The first-order valence-electron chi connectivity index (χ1n) is 10.0. The van der Waals surface area contributed by atoms with Crippen LogP contribution in [0.4, 0.5) is 13.9 Å². The second kappa shape index (κ2) is 7.90. The van der Waals surface area contributed by atoms with Gasteiger partial charge in [0.25, 0.3) is 5.78 Å². The third kappa shape index (κ3) is 3.48. The van der Waals surface area contributed by atoms with E-state index in [0.717, 1.165) is 27.3 Å². The van der Waals surface area contributed by atoms with Crippen molar-refractivity contribution < 1.29 is 23.5 Å². The number of thiazole rings is 1. The second-order valence-corrected chi connectivity index (χ2v) is 8.67. The van der Waals surface area contributed by atoms with Crippen molar-refractivity contribution in [3.63, 3.8) is 0 Å². The molecule has 1 atom stereocenters. The molecule has 1 amide bonds. The maximum atomic E-state index is 14.9. The number of hydrogen-bond donors (Lipinski definition) is 1. The van der Waals surface area contributed by atoms with E-state index >= 15 is 0 Å². The number of carbonyl (C=O) groups is 2. The lowest BCUT2D eigenvalue weighted by atomic mass is 9.95. The number of aliphatic hydroxyl groups excluding tert-OH is 1. The fourth-order valence-electron chi connectivity index (χ4n) is 3.91. The number of benzene rings is 3. The van der Waals surface area contributed by atoms with Crippen molar-refractivity contribution in [3.05, 3.63) is 101 Å². The molecule has 0 saturated carbocycles. The Morgan fingerprint density at radius 2 is 1.76 bits per heavy atom. The van der Waals surface area contributed by atoms with Crippen molar-refractivity contribution >= 4 is 44.1 Å². The van der Waals surface area contributed by atoms with Crippen molar-refractivity contribution in [1.82, 2.24) is 4.98 Å². The van der Waals surface area contributed by atoms with Crippen molar-refractivity contribution in [2.24, 2.45) is 0 Å². The van der Waals surface area contributed by atoms with Gasteiger partial charge in [-0.15, -0.1) is 0 Å². The Balaban J connectivity index is 1.75. The highest BCUT2D eigenvalue weighted by Crippen LogP contribution is 2.44. The molecule has 164 valence electrons. The van der Waals surface area contributed by atoms with Gasteiger partial charge < -0.3 is 5.11 Å². The topological polar surface area (TPSA) is 70.5 Å². The van der Waals surface area contributed by atoms with E-state index in [1.807, 2.05) is 19.1 Å². The van der Waals surface area contributed by atoms with Gasteiger partial charge >= 0.3 is 5.91 Å². The summed E-state index contributed by atoms with van der Waals surface area (Å²) in [5, 5.41) is 11.2. The molecule has 2 heterocycles. The highest BCUT2D eigenvalue weighted by molar-refractivity contribution is 7.22. The lowest BCUT2D eigenvalue weighted by molar-refractivity contribution is -0.132. The van der Waals surface area contributed by atoms with Gasteiger partial charge in [0, 0.05) is 11.1 Å². The zero-order chi connectivity index (χ0) is 23.3. The Hall–Kier alpha value is -3.91. The summed E-state index contributed by atoms with van der Waals surface area (Å²) in [5.41, 5.74) is 1.52. The lowest BCUT2D eigenvalue weighted by Crippen LogP contribution is -2.29. The van der Waals surface area contributed by atoms with Crippen LogP contribution in [0.15, 0.2) is 72.3 Å². The molecular formula is C25H16F2N2O3S. The number of fused-ring (bicyclic) bond motifs is 1. The highest BCUT2D eigenvalue weighted by atomic mass is 32.1. The maximum absolute atomic E-state index is 14.9. The number of amides is 1. The van der Waals surface area contributed by atoms with Crippen LogP contribution in [-0.2, 0) is 9.59 Å². The van der Waals surface area contributed by atoms with Crippen LogP contribution in [0.3, 0.4) is 0 Å². The van der Waals surface area contributed by atoms with Crippen molar-refractivity contribution in [2.45, 2.75) is 13.0 Å². The van der Waals surface area contributed by atoms with Crippen molar-refractivity contribution in [2.75, 3.05) is 4.90 Å². The normalized spacial score (nSPS) is 17.8. The quantitative estimate of drug-likeness (QED) is 0.248. The van der Waals surface area contributed by atoms with Gasteiger partial charge in [0.15, 0.2) is 5.13 Å². The molecule has 1 aliphatic rings. The summed E-state index contributed by atoms with van der Waals surface area (Å²) in [4.78, 5) is 31.9. The molecule has 5 rings (SSSR count). The van der Waals surface area contributed by atoms with Crippen LogP contribution < -0.4 is 4.90 Å². The number of aryl methyl sites for hydroxylation is 1. The molecule has 3 aromatic carbocycles. The Morgan fingerprint density at radius 3 is 2.48 bits per heavy atom. The van der Waals surface area contributed by atoms with E-state index in [1.165, 1.54) is 41.7 Å². The number of hydrogen-bond acceptors (Lipinski definition) is 5. The summed E-state index contributed by atoms with van der Waals surface area (Å²) in [6.07, 6.45) is 0. The maximum Gasteiger partial charge on any atom is 0.301 e. The van der Waals surface area contributed by atoms with Gasteiger partial charge in [0.1, 0.15) is 23.4 Å². The summed E-state index contributed by atoms with van der Waals surface area (Å²) in [5.74, 6) is -3.58. The molecule has 1 unspecified atom stereocenters. The van der Waals surface area contributed by atoms with Crippen molar-refractivity contribution in [3.8, 4) is 0 Å². The largest absolute Gasteiger partial charge is 0.507 e. The number of ketones is 1. The molecule has 0 aliphatic carbocycles. The minimum Gasteiger partial charge on any atom is -0.507 e. The van der Waals surface area contributed by atoms with Gasteiger partial charge in [-0.25, -0.2) is 13.8 Å².